The largest absolute Gasteiger partial charge is 0.389 e. The van der Waals surface area contributed by atoms with Crippen LogP contribution in [0.3, 0.4) is 0 Å². The maximum Gasteiger partial charge on any atom is 0.107 e. The van der Waals surface area contributed by atoms with Gasteiger partial charge in [-0.05, 0) is 23.9 Å². The summed E-state index contributed by atoms with van der Waals surface area (Å²) in [5, 5.41) is 20.8. The van der Waals surface area contributed by atoms with Crippen LogP contribution in [0.2, 0.25) is 0 Å². The lowest BCUT2D eigenvalue weighted by Crippen LogP contribution is -2.19. The number of rotatable bonds is 3. The van der Waals surface area contributed by atoms with Crippen LogP contribution in [-0.2, 0) is 0 Å². The predicted molar refractivity (Wildman–Crippen MR) is 53.9 cm³/mol. The maximum absolute atomic E-state index is 9.57. The Kier molecular flexibility index (Phi) is 3.58. The van der Waals surface area contributed by atoms with Crippen molar-refractivity contribution in [1.29, 1.82) is 0 Å². The quantitative estimate of drug-likeness (QED) is 0.651. The molecule has 0 fully saturated rings. The molecule has 0 saturated heterocycles. The van der Waals surface area contributed by atoms with Crippen LogP contribution in [0.1, 0.15) is 16.5 Å². The number of aliphatic hydroxyl groups is 2. The first-order chi connectivity index (χ1) is 5.66. The lowest BCUT2D eigenvalue weighted by atomic mass is 10.1. The van der Waals surface area contributed by atoms with Crippen LogP contribution in [0, 0.1) is 6.92 Å². The third-order valence-corrected chi connectivity index (χ3v) is 3.00. The third-order valence-electron chi connectivity index (χ3n) is 1.77. The number of thiophene rings is 1. The van der Waals surface area contributed by atoms with Crippen LogP contribution in [0.15, 0.2) is 11.4 Å². The molecule has 1 aromatic rings. The fraction of sp³-hybridized carbons (Fsp3) is 0.500. The lowest BCUT2D eigenvalue weighted by Gasteiger charge is -2.15. The molecule has 0 amide bonds. The normalized spacial score (nSPS) is 16.0. The zero-order valence-corrected chi connectivity index (χ0v) is 8.48. The predicted octanol–water partition coefficient (Wildman–Crippen LogP) is 1.38. The van der Waals surface area contributed by atoms with E-state index >= 15 is 0 Å². The van der Waals surface area contributed by atoms with Crippen molar-refractivity contribution >= 4 is 24.0 Å². The molecule has 0 saturated carbocycles. The summed E-state index contributed by atoms with van der Waals surface area (Å²) in [5.74, 6) is 0.274. The molecule has 2 unspecified atom stereocenters. The summed E-state index contributed by atoms with van der Waals surface area (Å²) in [6, 6.07) is 1.83. The summed E-state index contributed by atoms with van der Waals surface area (Å²) in [6.45, 7) is 1.93. The molecule has 4 heteroatoms. The fourth-order valence-corrected chi connectivity index (χ4v) is 1.95. The van der Waals surface area contributed by atoms with Gasteiger partial charge in [0.2, 0.25) is 0 Å². The summed E-state index contributed by atoms with van der Waals surface area (Å²) in [4.78, 5) is 1.04. The van der Waals surface area contributed by atoms with Crippen molar-refractivity contribution in [3.05, 3.63) is 21.9 Å². The first kappa shape index (κ1) is 10.1. The second-order valence-corrected chi connectivity index (χ2v) is 4.11. The molecule has 2 atom stereocenters. The Bertz CT molecular complexity index is 247. The van der Waals surface area contributed by atoms with Gasteiger partial charge in [0.25, 0.3) is 0 Å². The van der Waals surface area contributed by atoms with E-state index in [9.17, 15) is 10.2 Å². The third kappa shape index (κ3) is 2.01. The summed E-state index contributed by atoms with van der Waals surface area (Å²) in [5.41, 5.74) is 0.807. The van der Waals surface area contributed by atoms with E-state index in [2.05, 4.69) is 12.6 Å². The first-order valence-electron chi connectivity index (χ1n) is 3.67. The van der Waals surface area contributed by atoms with E-state index in [4.69, 9.17) is 0 Å². The zero-order chi connectivity index (χ0) is 9.14. The van der Waals surface area contributed by atoms with Crippen LogP contribution in [-0.4, -0.2) is 22.1 Å². The van der Waals surface area contributed by atoms with Crippen LogP contribution in [0.25, 0.3) is 0 Å². The SMILES string of the molecule is Cc1sccc1C(O)C(O)CS. The lowest BCUT2D eigenvalue weighted by molar-refractivity contribution is 0.0337. The van der Waals surface area contributed by atoms with E-state index < -0.39 is 12.2 Å². The van der Waals surface area contributed by atoms with E-state index in [1.54, 1.807) is 11.3 Å². The summed E-state index contributed by atoms with van der Waals surface area (Å²) in [7, 11) is 0. The molecule has 2 N–H and O–H groups in total. The Balaban J connectivity index is 2.77. The Morgan fingerprint density at radius 1 is 1.58 bits per heavy atom. The molecule has 0 aliphatic carbocycles. The van der Waals surface area contributed by atoms with Crippen molar-refractivity contribution < 1.29 is 10.2 Å². The van der Waals surface area contributed by atoms with Gasteiger partial charge >= 0.3 is 0 Å². The smallest absolute Gasteiger partial charge is 0.107 e. The first-order valence-corrected chi connectivity index (χ1v) is 5.19. The molecule has 12 heavy (non-hydrogen) atoms. The van der Waals surface area contributed by atoms with E-state index in [0.717, 1.165) is 10.4 Å². The highest BCUT2D eigenvalue weighted by Crippen LogP contribution is 2.25. The summed E-state index contributed by atoms with van der Waals surface area (Å²) < 4.78 is 0. The van der Waals surface area contributed by atoms with Crippen LogP contribution >= 0.6 is 24.0 Å². The van der Waals surface area contributed by atoms with Gasteiger partial charge < -0.3 is 10.2 Å². The van der Waals surface area contributed by atoms with E-state index in [1.807, 2.05) is 18.4 Å². The van der Waals surface area contributed by atoms with Crippen molar-refractivity contribution in [3.63, 3.8) is 0 Å². The monoisotopic (exact) mass is 204 g/mol. The molecule has 0 bridgehead atoms. The maximum atomic E-state index is 9.57. The fourth-order valence-electron chi connectivity index (χ4n) is 1.01. The number of aryl methyl sites for hydroxylation is 1. The molecular formula is C8H12O2S2. The number of thiol groups is 1. The summed E-state index contributed by atoms with van der Waals surface area (Å²) in [6.07, 6.45) is -1.57. The molecule has 1 rings (SSSR count). The van der Waals surface area contributed by atoms with E-state index in [0.29, 0.717) is 0 Å². The van der Waals surface area contributed by atoms with Crippen molar-refractivity contribution in [3.8, 4) is 0 Å². The minimum absolute atomic E-state index is 0.274. The van der Waals surface area contributed by atoms with E-state index in [1.165, 1.54) is 0 Å². The van der Waals surface area contributed by atoms with E-state index in [-0.39, 0.29) is 5.75 Å². The molecule has 2 nitrogen and oxygen atoms in total. The van der Waals surface area contributed by atoms with Crippen molar-refractivity contribution in [2.45, 2.75) is 19.1 Å². The van der Waals surface area contributed by atoms with Gasteiger partial charge in [0.15, 0.2) is 0 Å². The van der Waals surface area contributed by atoms with Crippen molar-refractivity contribution in [1.82, 2.24) is 0 Å². The minimum Gasteiger partial charge on any atom is -0.389 e. The standard InChI is InChI=1S/C8H12O2S2/c1-5-6(2-3-12-5)8(10)7(9)4-11/h2-3,7-11H,4H2,1H3. The van der Waals surface area contributed by atoms with Crippen molar-refractivity contribution in [2.75, 3.05) is 5.75 Å². The molecule has 0 aliphatic heterocycles. The van der Waals surface area contributed by atoms with Gasteiger partial charge in [-0.1, -0.05) is 0 Å². The van der Waals surface area contributed by atoms with Gasteiger partial charge in [0.05, 0.1) is 6.10 Å². The Hall–Kier alpha value is -0.0300. The van der Waals surface area contributed by atoms with Crippen molar-refractivity contribution in [2.24, 2.45) is 0 Å². The van der Waals surface area contributed by atoms with Gasteiger partial charge in [0.1, 0.15) is 6.10 Å². The molecule has 68 valence electrons. The van der Waals surface area contributed by atoms with Gasteiger partial charge in [-0.2, -0.15) is 12.6 Å². The number of hydrogen-bond acceptors (Lipinski definition) is 4. The highest BCUT2D eigenvalue weighted by atomic mass is 32.1. The Morgan fingerprint density at radius 3 is 2.67 bits per heavy atom. The molecule has 1 aromatic heterocycles. The van der Waals surface area contributed by atoms with Crippen LogP contribution in [0.4, 0.5) is 0 Å². The number of aliphatic hydroxyl groups excluding tert-OH is 2. The highest BCUT2D eigenvalue weighted by molar-refractivity contribution is 7.80. The Labute approximate surface area is 81.3 Å². The molecule has 0 radical (unpaired) electrons. The molecular weight excluding hydrogens is 192 g/mol. The molecule has 0 aromatic carbocycles. The van der Waals surface area contributed by atoms with Gasteiger partial charge in [0, 0.05) is 10.6 Å². The van der Waals surface area contributed by atoms with Gasteiger partial charge in [-0.3, -0.25) is 0 Å². The topological polar surface area (TPSA) is 40.5 Å². The minimum atomic E-state index is -0.797. The molecule has 0 aliphatic rings. The molecule has 1 heterocycles. The summed E-state index contributed by atoms with van der Waals surface area (Å²) >= 11 is 5.48. The average molecular weight is 204 g/mol. The molecule has 0 spiro atoms. The second kappa shape index (κ2) is 4.28. The van der Waals surface area contributed by atoms with Gasteiger partial charge in [-0.25, -0.2) is 0 Å². The van der Waals surface area contributed by atoms with Crippen LogP contribution < -0.4 is 0 Å². The zero-order valence-electron chi connectivity index (χ0n) is 6.77. The van der Waals surface area contributed by atoms with Gasteiger partial charge in [-0.15, -0.1) is 11.3 Å². The Morgan fingerprint density at radius 2 is 2.25 bits per heavy atom. The van der Waals surface area contributed by atoms with Crippen LogP contribution in [0.5, 0.6) is 0 Å². The second-order valence-electron chi connectivity index (χ2n) is 2.63. The highest BCUT2D eigenvalue weighted by Gasteiger charge is 2.18. The number of hydrogen-bond donors (Lipinski definition) is 3. The average Bonchev–Trinajstić information content (AvgIpc) is 2.48.